The van der Waals surface area contributed by atoms with E-state index in [0.29, 0.717) is 13.8 Å². The minimum Gasteiger partial charge on any atom is -0.328 e. The number of ether oxygens (including phenoxy) is 2. The van der Waals surface area contributed by atoms with Gasteiger partial charge in [-0.25, -0.2) is 30.7 Å². The summed E-state index contributed by atoms with van der Waals surface area (Å²) >= 11 is 0. The molecule has 2 nitrogen and oxygen atoms in total. The molecule has 0 amide bonds. The summed E-state index contributed by atoms with van der Waals surface area (Å²) in [4.78, 5) is 0. The first-order valence-electron chi connectivity index (χ1n) is 11.0. The molecule has 0 aliphatic rings. The maximum Gasteiger partial charge on any atom is 0.455 e. The fraction of sp³-hybridized carbons (Fsp3) is 1.00. The van der Waals surface area contributed by atoms with E-state index in [-0.39, 0.29) is 20.8 Å². The molecule has 15 heteroatoms. The van der Waals surface area contributed by atoms with Gasteiger partial charge >= 0.3 is 18.0 Å². The van der Waals surface area contributed by atoms with Crippen LogP contribution < -0.4 is 0 Å². The van der Waals surface area contributed by atoms with Crippen molar-refractivity contribution in [3.63, 3.8) is 0 Å². The maximum atomic E-state index is 15.7. The van der Waals surface area contributed by atoms with Crippen molar-refractivity contribution in [1.82, 2.24) is 0 Å². The summed E-state index contributed by atoms with van der Waals surface area (Å²) in [6, 6.07) is 0. The molecule has 0 aliphatic heterocycles. The SMILES string of the molecule is CCC(CC)(OC(F)(C(F)F)C(C)(CC)C(C)(F)F)C(F)(F)C(F)(O[C@@](C)(CC)C(F)F)C(F)(F)F. The zero-order valence-electron chi connectivity index (χ0n) is 20.7. The van der Waals surface area contributed by atoms with Crippen LogP contribution in [-0.4, -0.2) is 53.8 Å². The fourth-order valence-electron chi connectivity index (χ4n) is 3.62. The molecule has 0 saturated heterocycles. The molecule has 0 aromatic heterocycles. The van der Waals surface area contributed by atoms with Crippen LogP contribution in [0.2, 0.25) is 0 Å². The summed E-state index contributed by atoms with van der Waals surface area (Å²) in [7, 11) is 0. The summed E-state index contributed by atoms with van der Waals surface area (Å²) < 4.78 is 195. The van der Waals surface area contributed by atoms with Crippen LogP contribution in [0.1, 0.15) is 74.1 Å². The maximum absolute atomic E-state index is 15.7. The van der Waals surface area contributed by atoms with Gasteiger partial charge in [0.2, 0.25) is 0 Å². The minimum atomic E-state index is -6.80. The van der Waals surface area contributed by atoms with Gasteiger partial charge in [0.25, 0.3) is 24.6 Å². The van der Waals surface area contributed by atoms with Crippen molar-refractivity contribution >= 4 is 0 Å². The van der Waals surface area contributed by atoms with Crippen LogP contribution >= 0.6 is 0 Å². The summed E-state index contributed by atoms with van der Waals surface area (Å²) in [5.41, 5.74) is -11.3. The second-order valence-corrected chi connectivity index (χ2v) is 9.06. The lowest BCUT2D eigenvalue weighted by molar-refractivity contribution is -0.473. The lowest BCUT2D eigenvalue weighted by Crippen LogP contribution is -2.73. The molecular formula is C21H31F13O2. The highest BCUT2D eigenvalue weighted by atomic mass is 19.4. The fourth-order valence-corrected chi connectivity index (χ4v) is 3.62. The Morgan fingerprint density at radius 3 is 1.22 bits per heavy atom. The first-order valence-corrected chi connectivity index (χ1v) is 11.0. The lowest BCUT2D eigenvalue weighted by Gasteiger charge is -2.53. The van der Waals surface area contributed by atoms with Crippen LogP contribution in [0.5, 0.6) is 0 Å². The summed E-state index contributed by atoms with van der Waals surface area (Å²) in [5.74, 6) is -22.0. The first-order chi connectivity index (χ1) is 15.8. The van der Waals surface area contributed by atoms with Crippen molar-refractivity contribution in [3.8, 4) is 0 Å². The quantitative estimate of drug-likeness (QED) is 0.197. The molecule has 0 aliphatic carbocycles. The molecule has 0 aromatic carbocycles. The highest BCUT2D eigenvalue weighted by Gasteiger charge is 2.82. The van der Waals surface area contributed by atoms with Gasteiger partial charge in [-0.2, -0.15) is 26.3 Å². The Morgan fingerprint density at radius 1 is 0.583 bits per heavy atom. The second-order valence-electron chi connectivity index (χ2n) is 9.06. The molecule has 0 aromatic rings. The zero-order valence-corrected chi connectivity index (χ0v) is 20.7. The third-order valence-corrected chi connectivity index (χ3v) is 7.07. The third kappa shape index (κ3) is 5.28. The Balaban J connectivity index is 7.38. The van der Waals surface area contributed by atoms with E-state index >= 15 is 17.6 Å². The number of halogens is 13. The van der Waals surface area contributed by atoms with Gasteiger partial charge in [-0.05, 0) is 39.5 Å². The topological polar surface area (TPSA) is 18.5 Å². The van der Waals surface area contributed by atoms with Gasteiger partial charge in [0.05, 0.1) is 5.41 Å². The molecule has 0 spiro atoms. The normalized spacial score (nSPS) is 21.2. The Morgan fingerprint density at radius 2 is 1.00 bits per heavy atom. The Hall–Kier alpha value is -0.990. The van der Waals surface area contributed by atoms with Crippen molar-refractivity contribution in [3.05, 3.63) is 0 Å². The monoisotopic (exact) mass is 562 g/mol. The number of hydrogen-bond acceptors (Lipinski definition) is 2. The van der Waals surface area contributed by atoms with E-state index in [4.69, 9.17) is 0 Å². The molecule has 0 heterocycles. The van der Waals surface area contributed by atoms with Crippen molar-refractivity contribution in [2.45, 2.75) is 128 Å². The smallest absolute Gasteiger partial charge is 0.328 e. The highest BCUT2D eigenvalue weighted by Crippen LogP contribution is 2.60. The van der Waals surface area contributed by atoms with Gasteiger partial charge in [-0.15, -0.1) is 0 Å². The van der Waals surface area contributed by atoms with E-state index < -0.39 is 84.9 Å². The van der Waals surface area contributed by atoms with Crippen LogP contribution in [0.3, 0.4) is 0 Å². The largest absolute Gasteiger partial charge is 0.455 e. The first kappa shape index (κ1) is 35.0. The molecule has 0 saturated carbocycles. The molecule has 4 atom stereocenters. The van der Waals surface area contributed by atoms with Crippen LogP contribution in [0, 0.1) is 5.41 Å². The zero-order chi connectivity index (χ0) is 29.4. The predicted octanol–water partition coefficient (Wildman–Crippen LogP) is 8.88. The highest BCUT2D eigenvalue weighted by molar-refractivity contribution is 5.10. The number of rotatable bonds is 14. The van der Waals surface area contributed by atoms with Gasteiger partial charge < -0.3 is 9.47 Å². The Labute approximate surface area is 200 Å². The van der Waals surface area contributed by atoms with Crippen molar-refractivity contribution in [1.29, 1.82) is 0 Å². The van der Waals surface area contributed by atoms with Crippen LogP contribution in [0.15, 0.2) is 0 Å². The Bertz CT molecular complexity index is 720. The van der Waals surface area contributed by atoms with Crippen LogP contribution in [0.25, 0.3) is 0 Å². The van der Waals surface area contributed by atoms with Crippen molar-refractivity contribution < 1.29 is 66.5 Å². The van der Waals surface area contributed by atoms with E-state index in [2.05, 4.69) is 9.47 Å². The van der Waals surface area contributed by atoms with Crippen molar-refractivity contribution in [2.24, 2.45) is 5.41 Å². The molecule has 0 radical (unpaired) electrons. The molecule has 0 bridgehead atoms. The standard InChI is InChI=1S/C21H31F13O2/c1-8-14(5,12(22)23)35-20(31,21(32,33)34)19(29,30)17(10-3,11-4)36-18(28,13(24)25)15(6,9-2)16(7,26)27/h12-13H,8-11H2,1-7H3/t14-,15?,18?,20?/m0/s1. The predicted molar refractivity (Wildman–Crippen MR) is 104 cm³/mol. The van der Waals surface area contributed by atoms with E-state index in [9.17, 15) is 39.5 Å². The molecule has 0 N–H and O–H groups in total. The molecule has 218 valence electrons. The molecule has 3 unspecified atom stereocenters. The number of hydrogen-bond donors (Lipinski definition) is 0. The molecule has 0 rings (SSSR count). The summed E-state index contributed by atoms with van der Waals surface area (Å²) in [5, 5.41) is 0. The van der Waals surface area contributed by atoms with Gasteiger partial charge in [0, 0.05) is 6.92 Å². The van der Waals surface area contributed by atoms with Crippen LogP contribution in [0.4, 0.5) is 57.1 Å². The van der Waals surface area contributed by atoms with Gasteiger partial charge in [-0.1, -0.05) is 27.7 Å². The summed E-state index contributed by atoms with van der Waals surface area (Å²) in [6.07, 6.45) is -20.8. The van der Waals surface area contributed by atoms with Gasteiger partial charge in [0.15, 0.2) is 0 Å². The van der Waals surface area contributed by atoms with Crippen LogP contribution in [-0.2, 0) is 9.47 Å². The van der Waals surface area contributed by atoms with Gasteiger partial charge in [-0.3, -0.25) is 0 Å². The molecular weight excluding hydrogens is 531 g/mol. The van der Waals surface area contributed by atoms with E-state index in [1.807, 2.05) is 0 Å². The average molecular weight is 562 g/mol. The summed E-state index contributed by atoms with van der Waals surface area (Å²) in [6.45, 7) is 3.02. The van der Waals surface area contributed by atoms with Crippen molar-refractivity contribution in [2.75, 3.05) is 0 Å². The second kappa shape index (κ2) is 10.6. The van der Waals surface area contributed by atoms with E-state index in [1.54, 1.807) is 0 Å². The lowest BCUT2D eigenvalue weighted by atomic mass is 9.73. The number of alkyl halides is 13. The molecule has 36 heavy (non-hydrogen) atoms. The average Bonchev–Trinajstić information content (AvgIpc) is 2.74. The van der Waals surface area contributed by atoms with E-state index in [0.717, 1.165) is 13.8 Å². The van der Waals surface area contributed by atoms with Gasteiger partial charge in [0.1, 0.15) is 11.2 Å². The van der Waals surface area contributed by atoms with E-state index in [1.165, 1.54) is 0 Å². The third-order valence-electron chi connectivity index (χ3n) is 7.07. The Kier molecular flexibility index (Phi) is 10.3. The minimum absolute atomic E-state index is 0.0398. The molecule has 0 fully saturated rings.